The van der Waals surface area contributed by atoms with E-state index in [9.17, 15) is 20.4 Å². The Kier molecular flexibility index (Phi) is 11.0. The summed E-state index contributed by atoms with van der Waals surface area (Å²) in [6, 6.07) is 13.8. The number of para-hydroxylation sites is 2. The zero-order chi connectivity index (χ0) is 28.4. The Balaban J connectivity index is 1.44. The van der Waals surface area contributed by atoms with E-state index in [1.165, 1.54) is 0 Å². The standard InChI is InChI=1S/C29H42N4O7/c1-2-13-38-25-10-8-21(15-26(25)39-14-5-12-31-29(18-35,19-36)20-37)16-30-28-32-23-6-3-4-7-24(23)33(28)27-11-9-22(17-34)40-27/h3-4,6-8,10,15,22,27,31,34-37H,2,5,9,11-14,16-20H2,1H3,(H,30,32)/t22-,27+/m0/s1. The van der Waals surface area contributed by atoms with Crippen molar-refractivity contribution in [3.05, 3.63) is 48.0 Å². The monoisotopic (exact) mass is 558 g/mol. The molecule has 0 spiro atoms. The molecule has 0 unspecified atom stereocenters. The number of aliphatic hydroxyl groups is 4. The number of benzene rings is 2. The molecule has 40 heavy (non-hydrogen) atoms. The minimum atomic E-state index is -1.11. The number of fused-ring (bicyclic) bond motifs is 1. The molecule has 220 valence electrons. The molecule has 1 aliphatic rings. The van der Waals surface area contributed by atoms with Crippen LogP contribution in [0.5, 0.6) is 11.5 Å². The third kappa shape index (κ3) is 7.22. The SMILES string of the molecule is CCCOc1ccc(CNc2nc3ccccc3n2[C@H]2CC[C@@H](CO)O2)cc1OCCCNC(CO)(CO)CO. The van der Waals surface area contributed by atoms with Crippen molar-refractivity contribution in [3.63, 3.8) is 0 Å². The first-order valence-electron chi connectivity index (χ1n) is 14.0. The second-order valence-corrected chi connectivity index (χ2v) is 10.1. The number of nitrogens with one attached hydrogen (secondary N) is 2. The summed E-state index contributed by atoms with van der Waals surface area (Å²) < 4.78 is 20.1. The van der Waals surface area contributed by atoms with Crippen molar-refractivity contribution in [2.75, 3.05) is 51.5 Å². The third-order valence-corrected chi connectivity index (χ3v) is 7.08. The summed E-state index contributed by atoms with van der Waals surface area (Å²) in [5.74, 6) is 1.99. The van der Waals surface area contributed by atoms with Crippen LogP contribution in [0.2, 0.25) is 0 Å². The molecule has 1 saturated heterocycles. The van der Waals surface area contributed by atoms with Gasteiger partial charge in [-0.25, -0.2) is 4.98 Å². The number of imidazole rings is 1. The van der Waals surface area contributed by atoms with E-state index in [0.29, 0.717) is 50.2 Å². The minimum absolute atomic E-state index is 0.00234. The summed E-state index contributed by atoms with van der Waals surface area (Å²) in [5, 5.41) is 44.5. The van der Waals surface area contributed by atoms with Gasteiger partial charge in [-0.05, 0) is 62.1 Å². The molecule has 0 aliphatic carbocycles. The summed E-state index contributed by atoms with van der Waals surface area (Å²) in [6.07, 6.45) is 2.69. The zero-order valence-electron chi connectivity index (χ0n) is 23.1. The predicted molar refractivity (Wildman–Crippen MR) is 152 cm³/mol. The fraction of sp³-hybridized carbons (Fsp3) is 0.552. The van der Waals surface area contributed by atoms with E-state index in [2.05, 4.69) is 15.2 Å². The van der Waals surface area contributed by atoms with Gasteiger partial charge in [-0.3, -0.25) is 4.57 Å². The van der Waals surface area contributed by atoms with Gasteiger partial charge in [0.25, 0.3) is 0 Å². The van der Waals surface area contributed by atoms with Crippen molar-refractivity contribution in [2.24, 2.45) is 0 Å². The molecule has 2 heterocycles. The normalized spacial score (nSPS) is 17.4. The number of hydrogen-bond acceptors (Lipinski definition) is 10. The van der Waals surface area contributed by atoms with Crippen molar-refractivity contribution in [1.82, 2.24) is 14.9 Å². The Labute approximate surface area is 234 Å². The summed E-state index contributed by atoms with van der Waals surface area (Å²) in [7, 11) is 0. The minimum Gasteiger partial charge on any atom is -0.490 e. The van der Waals surface area contributed by atoms with Crippen LogP contribution in [-0.2, 0) is 11.3 Å². The molecule has 0 amide bonds. The van der Waals surface area contributed by atoms with Crippen LogP contribution in [0, 0.1) is 0 Å². The quantitative estimate of drug-likeness (QED) is 0.136. The Morgan fingerprint density at radius 1 is 1.00 bits per heavy atom. The number of anilines is 1. The van der Waals surface area contributed by atoms with Gasteiger partial charge in [0.05, 0.1) is 62.3 Å². The second kappa shape index (κ2) is 14.6. The Morgan fingerprint density at radius 2 is 1.77 bits per heavy atom. The maximum atomic E-state index is 9.56. The average molecular weight is 559 g/mol. The number of nitrogens with zero attached hydrogens (tertiary/aromatic N) is 2. The van der Waals surface area contributed by atoms with Gasteiger partial charge in [-0.2, -0.15) is 0 Å². The molecule has 0 saturated carbocycles. The van der Waals surface area contributed by atoms with Gasteiger partial charge in [-0.1, -0.05) is 25.1 Å². The van der Waals surface area contributed by atoms with Crippen LogP contribution >= 0.6 is 0 Å². The number of aliphatic hydroxyl groups excluding tert-OH is 4. The van der Waals surface area contributed by atoms with Crippen molar-refractivity contribution in [3.8, 4) is 11.5 Å². The lowest BCUT2D eigenvalue weighted by atomic mass is 10.0. The molecule has 2 atom stereocenters. The van der Waals surface area contributed by atoms with Crippen molar-refractivity contribution >= 4 is 17.0 Å². The van der Waals surface area contributed by atoms with Gasteiger partial charge in [0.2, 0.25) is 5.95 Å². The number of rotatable bonds is 17. The molecule has 11 heteroatoms. The maximum absolute atomic E-state index is 9.56. The average Bonchev–Trinajstić information content (AvgIpc) is 3.62. The summed E-state index contributed by atoms with van der Waals surface area (Å²) in [5.41, 5.74) is 1.72. The first-order chi connectivity index (χ1) is 19.6. The highest BCUT2D eigenvalue weighted by Crippen LogP contribution is 2.35. The molecule has 0 radical (unpaired) electrons. The van der Waals surface area contributed by atoms with Crippen molar-refractivity contribution in [2.45, 2.75) is 57.0 Å². The lowest BCUT2D eigenvalue weighted by molar-refractivity contribution is -0.0195. The molecule has 11 nitrogen and oxygen atoms in total. The van der Waals surface area contributed by atoms with Gasteiger partial charge < -0.3 is 45.3 Å². The van der Waals surface area contributed by atoms with Crippen molar-refractivity contribution in [1.29, 1.82) is 0 Å². The van der Waals surface area contributed by atoms with Crippen LogP contribution in [-0.4, -0.2) is 87.8 Å². The topological polar surface area (TPSA) is 150 Å². The molecule has 0 bridgehead atoms. The lowest BCUT2D eigenvalue weighted by Gasteiger charge is -2.28. The Morgan fingerprint density at radius 3 is 2.50 bits per heavy atom. The van der Waals surface area contributed by atoms with Crippen LogP contribution in [0.3, 0.4) is 0 Å². The molecular formula is C29H42N4O7. The third-order valence-electron chi connectivity index (χ3n) is 7.08. The van der Waals surface area contributed by atoms with E-state index in [-0.39, 0.29) is 38.8 Å². The second-order valence-electron chi connectivity index (χ2n) is 10.1. The largest absolute Gasteiger partial charge is 0.490 e. The Hall–Kier alpha value is -2.93. The van der Waals surface area contributed by atoms with Gasteiger partial charge >= 0.3 is 0 Å². The summed E-state index contributed by atoms with van der Waals surface area (Å²) in [4.78, 5) is 4.81. The zero-order valence-corrected chi connectivity index (χ0v) is 23.1. The lowest BCUT2D eigenvalue weighted by Crippen LogP contribution is -2.55. The van der Waals surface area contributed by atoms with Crippen LogP contribution in [0.4, 0.5) is 5.95 Å². The fourth-order valence-corrected chi connectivity index (χ4v) is 4.68. The highest BCUT2D eigenvalue weighted by Gasteiger charge is 2.29. The molecular weight excluding hydrogens is 516 g/mol. The first kappa shape index (κ1) is 30.0. The molecule has 3 aromatic rings. The van der Waals surface area contributed by atoms with Crippen LogP contribution < -0.4 is 20.1 Å². The van der Waals surface area contributed by atoms with E-state index in [4.69, 9.17) is 19.2 Å². The van der Waals surface area contributed by atoms with E-state index in [1.807, 2.05) is 49.4 Å². The number of ether oxygens (including phenoxy) is 3. The molecule has 2 aromatic carbocycles. The maximum Gasteiger partial charge on any atom is 0.206 e. The van der Waals surface area contributed by atoms with E-state index >= 15 is 0 Å². The fourth-order valence-electron chi connectivity index (χ4n) is 4.68. The van der Waals surface area contributed by atoms with E-state index in [0.717, 1.165) is 35.9 Å². The van der Waals surface area contributed by atoms with Crippen LogP contribution in [0.25, 0.3) is 11.0 Å². The Bertz CT molecular complexity index is 1190. The van der Waals surface area contributed by atoms with Gasteiger partial charge in [0.1, 0.15) is 6.23 Å². The molecule has 1 aromatic heterocycles. The summed E-state index contributed by atoms with van der Waals surface area (Å²) >= 11 is 0. The smallest absolute Gasteiger partial charge is 0.206 e. The van der Waals surface area contributed by atoms with E-state index < -0.39 is 5.54 Å². The van der Waals surface area contributed by atoms with Crippen LogP contribution in [0.1, 0.15) is 44.4 Å². The molecule has 1 aliphatic heterocycles. The first-order valence-corrected chi connectivity index (χ1v) is 14.0. The van der Waals surface area contributed by atoms with Gasteiger partial charge in [-0.15, -0.1) is 0 Å². The van der Waals surface area contributed by atoms with Gasteiger partial charge in [0.15, 0.2) is 11.5 Å². The highest BCUT2D eigenvalue weighted by molar-refractivity contribution is 5.78. The molecule has 6 N–H and O–H groups in total. The highest BCUT2D eigenvalue weighted by atomic mass is 16.5. The number of aromatic nitrogens is 2. The van der Waals surface area contributed by atoms with Crippen molar-refractivity contribution < 1.29 is 34.6 Å². The summed E-state index contributed by atoms with van der Waals surface area (Å²) in [6.45, 7) is 2.84. The number of hydrogen-bond donors (Lipinski definition) is 6. The van der Waals surface area contributed by atoms with Gasteiger partial charge in [0, 0.05) is 6.54 Å². The van der Waals surface area contributed by atoms with Crippen LogP contribution in [0.15, 0.2) is 42.5 Å². The molecule has 1 fully saturated rings. The molecule has 4 rings (SSSR count). The predicted octanol–water partition coefficient (Wildman–Crippen LogP) is 2.18. The van der Waals surface area contributed by atoms with E-state index in [1.54, 1.807) is 0 Å².